The van der Waals surface area contributed by atoms with Crippen LogP contribution < -0.4 is 4.90 Å². The number of hydrogen-bond donors (Lipinski definition) is 0. The normalized spacial score (nSPS) is 16.1. The molecule has 1 amide bonds. The first-order chi connectivity index (χ1) is 9.56. The number of carbonyl (C=O) groups is 1. The van der Waals surface area contributed by atoms with Crippen LogP contribution in [0.15, 0.2) is 30.3 Å². The van der Waals surface area contributed by atoms with Gasteiger partial charge in [-0.1, -0.05) is 39.7 Å². The Morgan fingerprint density at radius 1 is 1.30 bits per heavy atom. The van der Waals surface area contributed by atoms with E-state index in [1.165, 1.54) is 16.0 Å². The van der Waals surface area contributed by atoms with Gasteiger partial charge in [0.05, 0.1) is 9.16 Å². The van der Waals surface area contributed by atoms with Gasteiger partial charge in [0.25, 0.3) is 0 Å². The predicted molar refractivity (Wildman–Crippen MR) is 88.3 cm³/mol. The van der Waals surface area contributed by atoms with Crippen molar-refractivity contribution in [2.75, 3.05) is 11.9 Å². The van der Waals surface area contributed by atoms with Gasteiger partial charge in [0.2, 0.25) is 5.91 Å². The van der Waals surface area contributed by atoms with Crippen LogP contribution in [0.5, 0.6) is 0 Å². The number of carbonyl (C=O) groups excluding carboxylic acids is 1. The quantitative estimate of drug-likeness (QED) is 0.696. The lowest BCUT2D eigenvalue weighted by Gasteiger charge is -2.26. The van der Waals surface area contributed by atoms with E-state index in [0.29, 0.717) is 6.42 Å². The summed E-state index contributed by atoms with van der Waals surface area (Å²) >= 11 is 11.3. The first-order valence-electron chi connectivity index (χ1n) is 6.35. The molecule has 0 aliphatic carbocycles. The molecule has 0 spiro atoms. The lowest BCUT2D eigenvalue weighted by Crippen LogP contribution is -2.31. The van der Waals surface area contributed by atoms with Gasteiger partial charge in [-0.15, -0.1) is 11.3 Å². The molecule has 1 aliphatic heterocycles. The average molecular weight is 371 g/mol. The molecule has 1 aromatic heterocycles. The predicted octanol–water partition coefficient (Wildman–Crippen LogP) is 4.79. The summed E-state index contributed by atoms with van der Waals surface area (Å²) in [6, 6.07) is 10.2. The number of anilines is 1. The molecule has 2 nitrogen and oxygen atoms in total. The van der Waals surface area contributed by atoms with Crippen LogP contribution >= 0.6 is 38.9 Å². The maximum absolute atomic E-state index is 11.7. The number of benzene rings is 1. The third kappa shape index (κ3) is 2.52. The Balaban J connectivity index is 1.95. The summed E-state index contributed by atoms with van der Waals surface area (Å²) in [5.41, 5.74) is 3.45. The van der Waals surface area contributed by atoms with Crippen LogP contribution in [0.4, 0.5) is 5.69 Å². The second-order valence-electron chi connectivity index (χ2n) is 4.85. The largest absolute Gasteiger partial charge is 0.315 e. The number of thiophene rings is 1. The Kier molecular flexibility index (Phi) is 3.89. The first-order valence-corrected chi connectivity index (χ1v) is 8.46. The minimum Gasteiger partial charge on any atom is -0.315 e. The van der Waals surface area contributed by atoms with Gasteiger partial charge in [0.1, 0.15) is 0 Å². The maximum Gasteiger partial charge on any atom is 0.227 e. The van der Waals surface area contributed by atoms with E-state index in [2.05, 4.69) is 28.1 Å². The number of rotatable bonds is 2. The van der Waals surface area contributed by atoms with Gasteiger partial charge >= 0.3 is 0 Å². The van der Waals surface area contributed by atoms with Crippen molar-refractivity contribution in [2.45, 2.75) is 17.7 Å². The van der Waals surface area contributed by atoms with Crippen LogP contribution in [0.1, 0.15) is 27.3 Å². The molecule has 20 heavy (non-hydrogen) atoms. The number of alkyl halides is 1. The van der Waals surface area contributed by atoms with Crippen molar-refractivity contribution in [2.24, 2.45) is 0 Å². The highest BCUT2D eigenvalue weighted by atomic mass is 79.9. The second kappa shape index (κ2) is 5.51. The Morgan fingerprint density at radius 3 is 2.80 bits per heavy atom. The summed E-state index contributed by atoms with van der Waals surface area (Å²) < 4.78 is 0.799. The van der Waals surface area contributed by atoms with Crippen LogP contribution in [0.25, 0.3) is 0 Å². The number of aryl methyl sites for hydroxylation is 1. The Morgan fingerprint density at radius 2 is 2.10 bits per heavy atom. The summed E-state index contributed by atoms with van der Waals surface area (Å²) in [6.07, 6.45) is 1.40. The maximum atomic E-state index is 11.7. The van der Waals surface area contributed by atoms with Crippen LogP contribution in [0, 0.1) is 0 Å². The fraction of sp³-hybridized carbons (Fsp3) is 0.267. The summed E-state index contributed by atoms with van der Waals surface area (Å²) in [5.74, 6) is 0.186. The van der Waals surface area contributed by atoms with Crippen molar-refractivity contribution in [3.8, 4) is 0 Å². The Labute approximate surface area is 135 Å². The third-order valence-corrected chi connectivity index (χ3v) is 6.20. The molecule has 0 bridgehead atoms. The van der Waals surface area contributed by atoms with Gasteiger partial charge in [-0.3, -0.25) is 4.79 Å². The molecule has 5 heteroatoms. The molecule has 0 fully saturated rings. The van der Waals surface area contributed by atoms with Crippen molar-refractivity contribution in [3.05, 3.63) is 50.7 Å². The van der Waals surface area contributed by atoms with Crippen molar-refractivity contribution >= 4 is 50.5 Å². The van der Waals surface area contributed by atoms with Gasteiger partial charge in [-0.05, 0) is 35.7 Å². The molecular weight excluding hydrogens is 358 g/mol. The molecule has 104 valence electrons. The summed E-state index contributed by atoms with van der Waals surface area (Å²) in [6.45, 7) is 0. The van der Waals surface area contributed by atoms with E-state index >= 15 is 0 Å². The smallest absolute Gasteiger partial charge is 0.227 e. The van der Waals surface area contributed by atoms with Crippen molar-refractivity contribution in [3.63, 3.8) is 0 Å². The van der Waals surface area contributed by atoms with Crippen molar-refractivity contribution in [1.29, 1.82) is 0 Å². The molecule has 1 aromatic carbocycles. The highest BCUT2D eigenvalue weighted by Crippen LogP contribution is 2.39. The molecule has 1 aliphatic rings. The fourth-order valence-corrected chi connectivity index (χ4v) is 4.25. The minimum absolute atomic E-state index is 0.147. The topological polar surface area (TPSA) is 20.3 Å². The highest BCUT2D eigenvalue weighted by Gasteiger charge is 2.22. The summed E-state index contributed by atoms with van der Waals surface area (Å²) in [4.78, 5) is 14.8. The Bertz CT molecular complexity index is 670. The van der Waals surface area contributed by atoms with Gasteiger partial charge in [0, 0.05) is 24.0 Å². The molecule has 2 aromatic rings. The lowest BCUT2D eigenvalue weighted by molar-refractivity contribution is -0.118. The van der Waals surface area contributed by atoms with Crippen molar-refractivity contribution < 1.29 is 4.79 Å². The molecule has 2 heterocycles. The van der Waals surface area contributed by atoms with Gasteiger partial charge < -0.3 is 4.90 Å². The van der Waals surface area contributed by atoms with Gasteiger partial charge in [-0.2, -0.15) is 0 Å². The second-order valence-corrected chi connectivity index (χ2v) is 7.51. The molecule has 1 atom stereocenters. The van der Waals surface area contributed by atoms with Gasteiger partial charge in [-0.25, -0.2) is 0 Å². The highest BCUT2D eigenvalue weighted by molar-refractivity contribution is 9.09. The zero-order valence-corrected chi connectivity index (χ0v) is 14.1. The molecule has 3 rings (SSSR count). The summed E-state index contributed by atoms with van der Waals surface area (Å²) in [7, 11) is 1.84. The van der Waals surface area contributed by atoms with E-state index < -0.39 is 0 Å². The molecule has 0 saturated heterocycles. The minimum atomic E-state index is 0.147. The van der Waals surface area contributed by atoms with Gasteiger partial charge in [0.15, 0.2) is 0 Å². The van der Waals surface area contributed by atoms with Crippen molar-refractivity contribution in [1.82, 2.24) is 0 Å². The number of fused-ring (bicyclic) bond motifs is 1. The number of hydrogen-bond acceptors (Lipinski definition) is 2. The molecular formula is C15H13BrClNOS. The van der Waals surface area contributed by atoms with Crippen LogP contribution in [-0.2, 0) is 11.2 Å². The van der Waals surface area contributed by atoms with E-state index in [0.717, 1.165) is 16.4 Å². The number of nitrogens with zero attached hydrogens (tertiary/aromatic N) is 1. The molecule has 0 saturated carbocycles. The zero-order chi connectivity index (χ0) is 14.3. The summed E-state index contributed by atoms with van der Waals surface area (Å²) in [5, 5.41) is 0. The average Bonchev–Trinajstić information content (AvgIpc) is 2.88. The lowest BCUT2D eigenvalue weighted by atomic mass is 9.98. The molecule has 0 radical (unpaired) electrons. The Hall–Kier alpha value is -0.840. The number of amides is 1. The zero-order valence-electron chi connectivity index (χ0n) is 10.9. The monoisotopic (exact) mass is 369 g/mol. The van der Waals surface area contributed by atoms with Crippen LogP contribution in [0.3, 0.4) is 0 Å². The third-order valence-electron chi connectivity index (χ3n) is 3.58. The first kappa shape index (κ1) is 14.1. The van der Waals surface area contributed by atoms with E-state index in [1.54, 1.807) is 16.2 Å². The van der Waals surface area contributed by atoms with E-state index in [-0.39, 0.29) is 10.7 Å². The van der Waals surface area contributed by atoms with Crippen LogP contribution in [0.2, 0.25) is 4.34 Å². The SMILES string of the molecule is CN1C(=O)CCc2cc(C(Br)c3ccc(Cl)s3)ccc21. The number of halogens is 2. The van der Waals surface area contributed by atoms with E-state index in [4.69, 9.17) is 11.6 Å². The molecule has 1 unspecified atom stereocenters. The fourth-order valence-electron chi connectivity index (χ4n) is 2.46. The molecule has 0 N–H and O–H groups in total. The van der Waals surface area contributed by atoms with E-state index in [9.17, 15) is 4.79 Å². The van der Waals surface area contributed by atoms with E-state index in [1.807, 2.05) is 25.2 Å². The standard InChI is InChI=1S/C15H13BrClNOS/c1-18-11-4-2-10(8-9(11)3-7-14(18)19)15(16)12-5-6-13(17)20-12/h2,4-6,8,15H,3,7H2,1H3. The van der Waals surface area contributed by atoms with Crippen LogP contribution in [-0.4, -0.2) is 13.0 Å².